The average Bonchev–Trinajstić information content (AvgIpc) is 2.35. The molecule has 1 heterocycles. The van der Waals surface area contributed by atoms with E-state index >= 15 is 0 Å². The van der Waals surface area contributed by atoms with Gasteiger partial charge in [0, 0.05) is 23.5 Å². The molecule has 0 spiro atoms. The summed E-state index contributed by atoms with van der Waals surface area (Å²) >= 11 is 0. The minimum atomic E-state index is -1.54. The predicted octanol–water partition coefficient (Wildman–Crippen LogP) is 3.73. The second kappa shape index (κ2) is 5.21. The van der Waals surface area contributed by atoms with Crippen LogP contribution in [0.25, 0.3) is 0 Å². The lowest BCUT2D eigenvalue weighted by atomic mass is 10.1. The number of halogens is 3. The van der Waals surface area contributed by atoms with Gasteiger partial charge in [-0.2, -0.15) is 5.26 Å². The maximum absolute atomic E-state index is 13.1. The van der Waals surface area contributed by atoms with Crippen LogP contribution in [0.5, 0.6) is 0 Å². The molecule has 0 aliphatic carbocycles. The van der Waals surface area contributed by atoms with Crippen LogP contribution in [0.2, 0.25) is 0 Å². The van der Waals surface area contributed by atoms with Gasteiger partial charge in [-0.05, 0) is 25.5 Å². The predicted molar refractivity (Wildman–Crippen MR) is 68.0 cm³/mol. The first-order valence-electron chi connectivity index (χ1n) is 5.72. The maximum Gasteiger partial charge on any atom is 0.194 e. The lowest BCUT2D eigenvalue weighted by Gasteiger charge is -2.10. The number of aromatic nitrogens is 1. The van der Waals surface area contributed by atoms with Crippen LogP contribution < -0.4 is 5.32 Å². The molecule has 2 rings (SSSR count). The largest absolute Gasteiger partial charge is 0.339 e. The summed E-state index contributed by atoms with van der Waals surface area (Å²) in [6.07, 6.45) is 0. The number of benzene rings is 1. The van der Waals surface area contributed by atoms with Crippen LogP contribution in [0.15, 0.2) is 18.2 Å². The average molecular weight is 277 g/mol. The molecule has 0 saturated heterocycles. The Hall–Kier alpha value is -2.55. The van der Waals surface area contributed by atoms with Crippen LogP contribution in [0, 0.1) is 42.6 Å². The van der Waals surface area contributed by atoms with Gasteiger partial charge in [-0.15, -0.1) is 0 Å². The Labute approximate surface area is 113 Å². The highest BCUT2D eigenvalue weighted by Gasteiger charge is 2.13. The third-order valence-corrected chi connectivity index (χ3v) is 2.70. The van der Waals surface area contributed by atoms with Crippen molar-refractivity contribution in [3.05, 3.63) is 52.5 Å². The summed E-state index contributed by atoms with van der Waals surface area (Å²) in [4.78, 5) is 4.11. The topological polar surface area (TPSA) is 48.7 Å². The Balaban J connectivity index is 2.48. The van der Waals surface area contributed by atoms with E-state index in [2.05, 4.69) is 10.3 Å². The molecular weight excluding hydrogens is 267 g/mol. The van der Waals surface area contributed by atoms with Crippen molar-refractivity contribution in [3.63, 3.8) is 0 Å². The van der Waals surface area contributed by atoms with Crippen molar-refractivity contribution in [2.45, 2.75) is 13.8 Å². The molecule has 0 amide bonds. The number of hydrogen-bond acceptors (Lipinski definition) is 3. The molecule has 3 nitrogen and oxygen atoms in total. The van der Waals surface area contributed by atoms with Crippen LogP contribution >= 0.6 is 0 Å². The van der Waals surface area contributed by atoms with Gasteiger partial charge in [0.2, 0.25) is 0 Å². The third kappa shape index (κ3) is 2.57. The summed E-state index contributed by atoms with van der Waals surface area (Å²) in [5.74, 6) is -3.98. The van der Waals surface area contributed by atoms with Crippen molar-refractivity contribution in [3.8, 4) is 6.07 Å². The van der Waals surface area contributed by atoms with E-state index in [4.69, 9.17) is 5.26 Å². The molecule has 0 aliphatic rings. The monoisotopic (exact) mass is 277 g/mol. The first-order valence-corrected chi connectivity index (χ1v) is 5.72. The maximum atomic E-state index is 13.1. The van der Waals surface area contributed by atoms with E-state index in [1.165, 1.54) is 0 Å². The summed E-state index contributed by atoms with van der Waals surface area (Å²) in [5, 5.41) is 11.7. The smallest absolute Gasteiger partial charge is 0.194 e. The Bertz CT molecular complexity index is 697. The zero-order valence-corrected chi connectivity index (χ0v) is 10.8. The molecule has 0 atom stereocenters. The number of nitrogens with zero attached hydrogens (tertiary/aromatic N) is 2. The Morgan fingerprint density at radius 2 is 1.70 bits per heavy atom. The Kier molecular flexibility index (Phi) is 3.61. The Morgan fingerprint density at radius 1 is 1.10 bits per heavy atom. The number of nitriles is 1. The molecule has 1 aromatic carbocycles. The number of aryl methyl sites for hydroxylation is 2. The summed E-state index contributed by atoms with van der Waals surface area (Å²) in [6.45, 7) is 3.45. The molecule has 0 fully saturated rings. The number of pyridine rings is 1. The van der Waals surface area contributed by atoms with Crippen molar-refractivity contribution in [2.24, 2.45) is 0 Å². The lowest BCUT2D eigenvalue weighted by Crippen LogP contribution is -2.02. The van der Waals surface area contributed by atoms with Gasteiger partial charge in [0.25, 0.3) is 0 Å². The van der Waals surface area contributed by atoms with E-state index in [1.54, 1.807) is 19.9 Å². The number of rotatable bonds is 2. The number of anilines is 2. The fraction of sp³-hybridized carbons (Fsp3) is 0.143. The summed E-state index contributed by atoms with van der Waals surface area (Å²) in [5.41, 5.74) is 1.58. The highest BCUT2D eigenvalue weighted by Crippen LogP contribution is 2.24. The van der Waals surface area contributed by atoms with E-state index in [1.807, 2.05) is 6.07 Å². The zero-order valence-electron chi connectivity index (χ0n) is 10.8. The van der Waals surface area contributed by atoms with E-state index in [-0.39, 0.29) is 17.1 Å². The van der Waals surface area contributed by atoms with Crippen LogP contribution in [0.3, 0.4) is 0 Å². The molecule has 0 radical (unpaired) electrons. The van der Waals surface area contributed by atoms with Crippen LogP contribution in [-0.2, 0) is 0 Å². The highest BCUT2D eigenvalue weighted by atomic mass is 19.2. The minimum absolute atomic E-state index is 0.0181. The van der Waals surface area contributed by atoms with Gasteiger partial charge < -0.3 is 5.32 Å². The van der Waals surface area contributed by atoms with E-state index in [0.29, 0.717) is 11.3 Å². The molecule has 1 aromatic heterocycles. The zero-order chi connectivity index (χ0) is 14.9. The first-order chi connectivity index (χ1) is 9.42. The molecule has 1 N–H and O–H groups in total. The van der Waals surface area contributed by atoms with Crippen LogP contribution in [-0.4, -0.2) is 4.98 Å². The molecular formula is C14H10F3N3. The second-order valence-corrected chi connectivity index (χ2v) is 4.29. The Morgan fingerprint density at radius 3 is 2.25 bits per heavy atom. The second-order valence-electron chi connectivity index (χ2n) is 4.29. The molecule has 0 bridgehead atoms. The highest BCUT2D eigenvalue weighted by molar-refractivity contribution is 5.65. The standard InChI is InChI=1S/C14H10F3N3/c1-7-3-8(2)19-14(10(7)6-18)20-9-4-11(15)13(17)12(16)5-9/h3-5H,1-2H3,(H,19,20). The summed E-state index contributed by atoms with van der Waals surface area (Å²) in [7, 11) is 0. The minimum Gasteiger partial charge on any atom is -0.339 e. The molecule has 0 unspecified atom stereocenters. The quantitative estimate of drug-likeness (QED) is 0.851. The van der Waals surface area contributed by atoms with Gasteiger partial charge in [0.1, 0.15) is 11.9 Å². The molecule has 20 heavy (non-hydrogen) atoms. The van der Waals surface area contributed by atoms with Gasteiger partial charge in [-0.25, -0.2) is 18.2 Å². The van der Waals surface area contributed by atoms with E-state index in [9.17, 15) is 13.2 Å². The van der Waals surface area contributed by atoms with Gasteiger partial charge in [-0.3, -0.25) is 0 Å². The fourth-order valence-electron chi connectivity index (χ4n) is 1.83. The number of hydrogen-bond donors (Lipinski definition) is 1. The van der Waals surface area contributed by atoms with E-state index < -0.39 is 17.5 Å². The first kappa shape index (κ1) is 13.9. The SMILES string of the molecule is Cc1cc(C)c(C#N)c(Nc2cc(F)c(F)c(F)c2)n1. The van der Waals surface area contributed by atoms with Gasteiger partial charge in [-0.1, -0.05) is 0 Å². The molecule has 6 heteroatoms. The van der Waals surface area contributed by atoms with Crippen molar-refractivity contribution in [1.82, 2.24) is 4.98 Å². The van der Waals surface area contributed by atoms with Crippen LogP contribution in [0.4, 0.5) is 24.7 Å². The van der Waals surface area contributed by atoms with Crippen LogP contribution in [0.1, 0.15) is 16.8 Å². The van der Waals surface area contributed by atoms with Gasteiger partial charge >= 0.3 is 0 Å². The lowest BCUT2D eigenvalue weighted by molar-refractivity contribution is 0.448. The molecule has 2 aromatic rings. The van der Waals surface area contributed by atoms with Crippen molar-refractivity contribution >= 4 is 11.5 Å². The van der Waals surface area contributed by atoms with E-state index in [0.717, 1.165) is 12.1 Å². The molecule has 102 valence electrons. The molecule has 0 saturated carbocycles. The normalized spacial score (nSPS) is 10.2. The van der Waals surface area contributed by atoms with Crippen molar-refractivity contribution in [1.29, 1.82) is 5.26 Å². The van der Waals surface area contributed by atoms with Gasteiger partial charge in [0.05, 0.1) is 5.56 Å². The molecule has 0 aliphatic heterocycles. The van der Waals surface area contributed by atoms with Crippen molar-refractivity contribution < 1.29 is 13.2 Å². The van der Waals surface area contributed by atoms with Crippen molar-refractivity contribution in [2.75, 3.05) is 5.32 Å². The number of nitrogens with one attached hydrogen (secondary N) is 1. The third-order valence-electron chi connectivity index (χ3n) is 2.70. The fourth-order valence-corrected chi connectivity index (χ4v) is 1.83. The summed E-state index contributed by atoms with van der Waals surface area (Å²) < 4.78 is 39.2. The van der Waals surface area contributed by atoms with Gasteiger partial charge in [0.15, 0.2) is 17.5 Å². The summed E-state index contributed by atoms with van der Waals surface area (Å²) in [6, 6.07) is 5.29.